The number of nitrogens with zero attached hydrogens (tertiary/aromatic N) is 2. The summed E-state index contributed by atoms with van der Waals surface area (Å²) in [4.78, 5) is 17.3. The molecule has 4 heteroatoms. The molecular formula is C10H13N3O. The summed E-state index contributed by atoms with van der Waals surface area (Å²) in [5.74, 6) is 0.598. The standard InChI is InChI=1S/C10H13N3O/c1-10(7-11)6-9(14)12-8-4-2-3-5-13(8)10/h2-5H,6-7,11H2,1H3. The van der Waals surface area contributed by atoms with Crippen molar-refractivity contribution in [3.8, 4) is 0 Å². The maximum absolute atomic E-state index is 11.4. The minimum Gasteiger partial charge on any atom is -0.328 e. The minimum absolute atomic E-state index is 0.0934. The molecule has 1 unspecified atom stereocenters. The van der Waals surface area contributed by atoms with E-state index in [0.29, 0.717) is 18.8 Å². The zero-order valence-corrected chi connectivity index (χ0v) is 8.10. The first-order valence-electron chi connectivity index (χ1n) is 4.61. The monoisotopic (exact) mass is 191 g/mol. The summed E-state index contributed by atoms with van der Waals surface area (Å²) in [6.07, 6.45) is 7.90. The molecular weight excluding hydrogens is 178 g/mol. The van der Waals surface area contributed by atoms with Crippen LogP contribution in [-0.4, -0.2) is 28.7 Å². The smallest absolute Gasteiger partial charge is 0.250 e. The van der Waals surface area contributed by atoms with E-state index in [1.807, 2.05) is 36.3 Å². The van der Waals surface area contributed by atoms with E-state index in [-0.39, 0.29) is 11.4 Å². The molecule has 0 aromatic rings. The van der Waals surface area contributed by atoms with Crippen LogP contribution in [0, 0.1) is 0 Å². The van der Waals surface area contributed by atoms with Gasteiger partial charge in [0.2, 0.25) is 5.91 Å². The lowest BCUT2D eigenvalue weighted by molar-refractivity contribution is -0.120. The zero-order chi connectivity index (χ0) is 10.2. The number of carbonyl (C=O) groups excluding carboxylic acids is 1. The minimum atomic E-state index is -0.324. The summed E-state index contributed by atoms with van der Waals surface area (Å²) in [6.45, 7) is 2.42. The molecule has 0 bridgehead atoms. The average molecular weight is 191 g/mol. The van der Waals surface area contributed by atoms with Crippen LogP contribution in [0.4, 0.5) is 0 Å². The van der Waals surface area contributed by atoms with Crippen LogP contribution in [0.25, 0.3) is 0 Å². The van der Waals surface area contributed by atoms with Gasteiger partial charge in [-0.3, -0.25) is 4.79 Å². The Kier molecular flexibility index (Phi) is 2.00. The molecule has 74 valence electrons. The van der Waals surface area contributed by atoms with Crippen LogP contribution in [0.5, 0.6) is 0 Å². The number of rotatable bonds is 1. The maximum atomic E-state index is 11.4. The molecule has 2 aliphatic heterocycles. The molecule has 0 saturated carbocycles. The van der Waals surface area contributed by atoms with Gasteiger partial charge in [0.1, 0.15) is 5.84 Å². The number of amides is 1. The van der Waals surface area contributed by atoms with Crippen LogP contribution in [0.15, 0.2) is 29.4 Å². The Morgan fingerprint density at radius 1 is 1.64 bits per heavy atom. The van der Waals surface area contributed by atoms with Gasteiger partial charge in [-0.2, -0.15) is 4.99 Å². The van der Waals surface area contributed by atoms with E-state index in [1.54, 1.807) is 0 Å². The first-order valence-corrected chi connectivity index (χ1v) is 4.61. The number of carbonyl (C=O) groups is 1. The van der Waals surface area contributed by atoms with Gasteiger partial charge in [0.05, 0.1) is 12.0 Å². The number of aliphatic imine (C=N–C) groups is 1. The van der Waals surface area contributed by atoms with E-state index in [2.05, 4.69) is 4.99 Å². The van der Waals surface area contributed by atoms with E-state index in [4.69, 9.17) is 5.73 Å². The van der Waals surface area contributed by atoms with Crippen LogP contribution in [0.3, 0.4) is 0 Å². The van der Waals surface area contributed by atoms with Crippen LogP contribution in [-0.2, 0) is 4.79 Å². The van der Waals surface area contributed by atoms with E-state index in [0.717, 1.165) is 0 Å². The summed E-state index contributed by atoms with van der Waals surface area (Å²) in [7, 11) is 0. The van der Waals surface area contributed by atoms with Crippen LogP contribution in [0.1, 0.15) is 13.3 Å². The predicted molar refractivity (Wildman–Crippen MR) is 54.6 cm³/mol. The summed E-state index contributed by atoms with van der Waals surface area (Å²) in [5, 5.41) is 0. The highest BCUT2D eigenvalue weighted by atomic mass is 16.1. The molecule has 0 aliphatic carbocycles. The van der Waals surface area contributed by atoms with Gasteiger partial charge in [0, 0.05) is 12.7 Å². The fourth-order valence-electron chi connectivity index (χ4n) is 1.73. The van der Waals surface area contributed by atoms with Crippen LogP contribution >= 0.6 is 0 Å². The van der Waals surface area contributed by atoms with Crippen molar-refractivity contribution >= 4 is 11.7 Å². The van der Waals surface area contributed by atoms with E-state index in [9.17, 15) is 4.79 Å². The first kappa shape index (κ1) is 9.15. The second-order valence-electron chi connectivity index (χ2n) is 3.81. The SMILES string of the molecule is CC1(CN)CC(=O)N=C2C=CC=CN21. The fourth-order valence-corrected chi connectivity index (χ4v) is 1.73. The van der Waals surface area contributed by atoms with Crippen molar-refractivity contribution in [3.63, 3.8) is 0 Å². The molecule has 0 radical (unpaired) electrons. The highest BCUT2D eigenvalue weighted by molar-refractivity contribution is 6.05. The molecule has 2 heterocycles. The van der Waals surface area contributed by atoms with E-state index >= 15 is 0 Å². The Bertz CT molecular complexity index is 356. The van der Waals surface area contributed by atoms with Crippen LogP contribution in [0.2, 0.25) is 0 Å². The van der Waals surface area contributed by atoms with E-state index in [1.165, 1.54) is 0 Å². The van der Waals surface area contributed by atoms with Crippen molar-refractivity contribution in [1.29, 1.82) is 0 Å². The molecule has 2 rings (SSSR count). The third-order valence-corrected chi connectivity index (χ3v) is 2.63. The summed E-state index contributed by atoms with van der Waals surface area (Å²) >= 11 is 0. The van der Waals surface area contributed by atoms with Crippen molar-refractivity contribution in [2.24, 2.45) is 10.7 Å². The predicted octanol–water partition coefficient (Wildman–Crippen LogP) is 0.418. The van der Waals surface area contributed by atoms with Crippen molar-refractivity contribution in [1.82, 2.24) is 4.90 Å². The Labute approximate surface area is 82.8 Å². The maximum Gasteiger partial charge on any atom is 0.250 e. The fraction of sp³-hybridized carbons (Fsp3) is 0.400. The van der Waals surface area contributed by atoms with Gasteiger partial charge < -0.3 is 10.6 Å². The van der Waals surface area contributed by atoms with Gasteiger partial charge in [0.15, 0.2) is 0 Å². The molecule has 0 fully saturated rings. The topological polar surface area (TPSA) is 58.7 Å². The Morgan fingerprint density at radius 3 is 3.14 bits per heavy atom. The summed E-state index contributed by atoms with van der Waals surface area (Å²) in [5.41, 5.74) is 5.38. The molecule has 4 nitrogen and oxygen atoms in total. The molecule has 2 aliphatic rings. The lowest BCUT2D eigenvalue weighted by Crippen LogP contribution is -2.55. The molecule has 0 aromatic carbocycles. The highest BCUT2D eigenvalue weighted by Crippen LogP contribution is 2.26. The molecule has 14 heavy (non-hydrogen) atoms. The van der Waals surface area contributed by atoms with Crippen molar-refractivity contribution < 1.29 is 4.79 Å². The molecule has 0 aromatic heterocycles. The molecule has 1 atom stereocenters. The number of amidine groups is 1. The largest absolute Gasteiger partial charge is 0.328 e. The Balaban J connectivity index is 2.43. The lowest BCUT2D eigenvalue weighted by Gasteiger charge is -2.42. The number of hydrogen-bond donors (Lipinski definition) is 1. The quantitative estimate of drug-likeness (QED) is 0.653. The number of allylic oxidation sites excluding steroid dienone is 2. The van der Waals surface area contributed by atoms with Gasteiger partial charge in [-0.25, -0.2) is 0 Å². The second-order valence-corrected chi connectivity index (χ2v) is 3.81. The van der Waals surface area contributed by atoms with Gasteiger partial charge in [0.25, 0.3) is 0 Å². The second kappa shape index (κ2) is 3.06. The third-order valence-electron chi connectivity index (χ3n) is 2.63. The third kappa shape index (κ3) is 1.28. The Morgan fingerprint density at radius 2 is 2.43 bits per heavy atom. The summed E-state index contributed by atoms with van der Waals surface area (Å²) in [6, 6.07) is 0. The molecule has 0 spiro atoms. The van der Waals surface area contributed by atoms with Gasteiger partial charge >= 0.3 is 0 Å². The van der Waals surface area contributed by atoms with Crippen molar-refractivity contribution in [3.05, 3.63) is 24.4 Å². The molecule has 1 amide bonds. The van der Waals surface area contributed by atoms with Gasteiger partial charge in [-0.1, -0.05) is 6.08 Å². The van der Waals surface area contributed by atoms with Crippen molar-refractivity contribution in [2.75, 3.05) is 6.54 Å². The number of fused-ring (bicyclic) bond motifs is 1. The normalized spacial score (nSPS) is 30.3. The van der Waals surface area contributed by atoms with Gasteiger partial charge in [-0.05, 0) is 19.1 Å². The van der Waals surface area contributed by atoms with Crippen molar-refractivity contribution in [2.45, 2.75) is 18.9 Å². The zero-order valence-electron chi connectivity index (χ0n) is 8.10. The Hall–Kier alpha value is -1.42. The number of hydrogen-bond acceptors (Lipinski definition) is 3. The average Bonchev–Trinajstić information content (AvgIpc) is 2.17. The lowest BCUT2D eigenvalue weighted by atomic mass is 9.92. The van der Waals surface area contributed by atoms with E-state index < -0.39 is 0 Å². The highest BCUT2D eigenvalue weighted by Gasteiger charge is 2.37. The van der Waals surface area contributed by atoms with Crippen LogP contribution < -0.4 is 5.73 Å². The number of nitrogens with two attached hydrogens (primary N) is 1. The molecule has 2 N–H and O–H groups in total. The first-order chi connectivity index (χ1) is 6.65. The molecule has 0 saturated heterocycles. The van der Waals surface area contributed by atoms with Gasteiger partial charge in [-0.15, -0.1) is 0 Å². The summed E-state index contributed by atoms with van der Waals surface area (Å²) < 4.78 is 0.